The lowest BCUT2D eigenvalue weighted by atomic mass is 10.1. The molecule has 2 nitrogen and oxygen atoms in total. The van der Waals surface area contributed by atoms with Gasteiger partial charge < -0.3 is 5.11 Å². The second-order valence-corrected chi connectivity index (χ2v) is 2.85. The van der Waals surface area contributed by atoms with Crippen molar-refractivity contribution in [3.63, 3.8) is 0 Å². The lowest BCUT2D eigenvalue weighted by Crippen LogP contribution is -1.84. The molecule has 0 saturated carbocycles. The molecule has 0 fully saturated rings. The first-order valence-electron chi connectivity index (χ1n) is 4.14. The summed E-state index contributed by atoms with van der Waals surface area (Å²) in [6.45, 7) is 1.50. The number of phenolic OH excluding ortho intramolecular Hbond substituents is 1. The number of hydrogen-bond acceptors (Lipinski definition) is 2. The van der Waals surface area contributed by atoms with Crippen molar-refractivity contribution in [2.45, 2.75) is 13.3 Å². The zero-order chi connectivity index (χ0) is 9.68. The molecule has 13 heavy (non-hydrogen) atoms. The van der Waals surface area contributed by atoms with Gasteiger partial charge in [0, 0.05) is 0 Å². The van der Waals surface area contributed by atoms with E-state index in [-0.39, 0.29) is 11.5 Å². The van der Waals surface area contributed by atoms with Crippen LogP contribution in [0.15, 0.2) is 36.4 Å². The van der Waals surface area contributed by atoms with Gasteiger partial charge in [0.25, 0.3) is 0 Å². The first-order chi connectivity index (χ1) is 6.20. The highest BCUT2D eigenvalue weighted by Gasteiger charge is 1.95. The fourth-order valence-electron chi connectivity index (χ4n) is 1.04. The van der Waals surface area contributed by atoms with Crippen LogP contribution in [0.4, 0.5) is 0 Å². The van der Waals surface area contributed by atoms with Gasteiger partial charge in [0.15, 0.2) is 5.78 Å². The number of ketones is 1. The number of carbonyl (C=O) groups is 1. The summed E-state index contributed by atoms with van der Waals surface area (Å²) in [4.78, 5) is 10.6. The van der Waals surface area contributed by atoms with Gasteiger partial charge in [0.2, 0.25) is 0 Å². The van der Waals surface area contributed by atoms with Gasteiger partial charge in [0.1, 0.15) is 5.75 Å². The molecule has 1 aromatic rings. The van der Waals surface area contributed by atoms with Crippen molar-refractivity contribution >= 4 is 5.78 Å². The molecular formula is C11H12O2. The number of aromatic hydroxyl groups is 1. The third-order valence-electron chi connectivity index (χ3n) is 1.68. The van der Waals surface area contributed by atoms with E-state index in [2.05, 4.69) is 0 Å². The van der Waals surface area contributed by atoms with E-state index in [1.54, 1.807) is 18.2 Å². The summed E-state index contributed by atoms with van der Waals surface area (Å²) in [7, 11) is 0. The molecule has 0 bridgehead atoms. The molecule has 1 aromatic carbocycles. The van der Waals surface area contributed by atoms with Crippen molar-refractivity contribution < 1.29 is 9.90 Å². The standard InChI is InChI=1S/C11H12O2/c1-9(12)5-4-7-10-6-2-3-8-11(10)13/h2-6,8,13H,7H2,1H3/b5-4+. The minimum Gasteiger partial charge on any atom is -0.508 e. The molecule has 0 aromatic heterocycles. The third kappa shape index (κ3) is 3.11. The van der Waals surface area contributed by atoms with Crippen molar-refractivity contribution in [1.29, 1.82) is 0 Å². The molecule has 0 aliphatic carbocycles. The fourth-order valence-corrected chi connectivity index (χ4v) is 1.04. The summed E-state index contributed by atoms with van der Waals surface area (Å²) < 4.78 is 0. The Morgan fingerprint density at radius 1 is 1.46 bits per heavy atom. The Morgan fingerprint density at radius 3 is 2.77 bits per heavy atom. The lowest BCUT2D eigenvalue weighted by molar-refractivity contribution is -0.112. The van der Waals surface area contributed by atoms with Gasteiger partial charge in [-0.25, -0.2) is 0 Å². The number of para-hydroxylation sites is 1. The van der Waals surface area contributed by atoms with Gasteiger partial charge in [-0.1, -0.05) is 24.3 Å². The van der Waals surface area contributed by atoms with Gasteiger partial charge in [-0.2, -0.15) is 0 Å². The van der Waals surface area contributed by atoms with Gasteiger partial charge >= 0.3 is 0 Å². The molecular weight excluding hydrogens is 164 g/mol. The van der Waals surface area contributed by atoms with E-state index in [1.807, 2.05) is 12.1 Å². The average Bonchev–Trinajstić information content (AvgIpc) is 2.08. The molecule has 1 rings (SSSR count). The number of phenols is 1. The van der Waals surface area contributed by atoms with Crippen LogP contribution in [-0.4, -0.2) is 10.9 Å². The fraction of sp³-hybridized carbons (Fsp3) is 0.182. The van der Waals surface area contributed by atoms with Gasteiger partial charge in [-0.3, -0.25) is 4.79 Å². The van der Waals surface area contributed by atoms with Crippen molar-refractivity contribution in [3.05, 3.63) is 42.0 Å². The molecule has 0 amide bonds. The molecule has 0 radical (unpaired) electrons. The predicted molar refractivity (Wildman–Crippen MR) is 51.6 cm³/mol. The van der Waals surface area contributed by atoms with E-state index in [1.165, 1.54) is 13.0 Å². The minimum atomic E-state index is 0.0235. The highest BCUT2D eigenvalue weighted by atomic mass is 16.3. The zero-order valence-corrected chi connectivity index (χ0v) is 7.53. The molecule has 0 atom stereocenters. The molecule has 2 heteroatoms. The van der Waals surface area contributed by atoms with Crippen molar-refractivity contribution in [3.8, 4) is 5.75 Å². The van der Waals surface area contributed by atoms with Crippen molar-refractivity contribution in [1.82, 2.24) is 0 Å². The van der Waals surface area contributed by atoms with Crippen LogP contribution in [-0.2, 0) is 11.2 Å². The van der Waals surface area contributed by atoms with Crippen molar-refractivity contribution in [2.24, 2.45) is 0 Å². The Hall–Kier alpha value is -1.57. The Morgan fingerprint density at radius 2 is 2.15 bits per heavy atom. The zero-order valence-electron chi connectivity index (χ0n) is 7.53. The molecule has 68 valence electrons. The largest absolute Gasteiger partial charge is 0.508 e. The molecule has 0 aliphatic rings. The molecule has 1 N–H and O–H groups in total. The van der Waals surface area contributed by atoms with Gasteiger partial charge in [0.05, 0.1) is 0 Å². The Bertz CT molecular complexity index is 327. The number of rotatable bonds is 3. The highest BCUT2D eigenvalue weighted by Crippen LogP contribution is 2.15. The summed E-state index contributed by atoms with van der Waals surface area (Å²) >= 11 is 0. The van der Waals surface area contributed by atoms with E-state index in [9.17, 15) is 9.90 Å². The third-order valence-corrected chi connectivity index (χ3v) is 1.68. The van der Waals surface area contributed by atoms with Gasteiger partial charge in [-0.05, 0) is 31.1 Å². The highest BCUT2D eigenvalue weighted by molar-refractivity contribution is 5.87. The van der Waals surface area contributed by atoms with E-state index in [0.717, 1.165) is 5.56 Å². The van der Waals surface area contributed by atoms with E-state index in [4.69, 9.17) is 0 Å². The van der Waals surface area contributed by atoms with E-state index in [0.29, 0.717) is 6.42 Å². The van der Waals surface area contributed by atoms with Crippen LogP contribution in [0.25, 0.3) is 0 Å². The summed E-state index contributed by atoms with van der Waals surface area (Å²) in [6, 6.07) is 7.10. The summed E-state index contributed by atoms with van der Waals surface area (Å²) in [5, 5.41) is 9.36. The normalized spacial score (nSPS) is 10.5. The second kappa shape index (κ2) is 4.45. The van der Waals surface area contributed by atoms with E-state index < -0.39 is 0 Å². The number of hydrogen-bond donors (Lipinski definition) is 1. The maximum atomic E-state index is 10.6. The molecule has 0 heterocycles. The van der Waals surface area contributed by atoms with Crippen LogP contribution in [0.5, 0.6) is 5.75 Å². The van der Waals surface area contributed by atoms with Crippen LogP contribution >= 0.6 is 0 Å². The smallest absolute Gasteiger partial charge is 0.152 e. The number of carbonyl (C=O) groups excluding carboxylic acids is 1. The lowest BCUT2D eigenvalue weighted by Gasteiger charge is -1.98. The predicted octanol–water partition coefficient (Wildman–Crippen LogP) is 2.08. The minimum absolute atomic E-state index is 0.0235. The monoisotopic (exact) mass is 176 g/mol. The first kappa shape index (κ1) is 9.52. The molecule has 0 saturated heterocycles. The van der Waals surface area contributed by atoms with Crippen LogP contribution in [0.1, 0.15) is 12.5 Å². The Labute approximate surface area is 77.5 Å². The first-order valence-corrected chi connectivity index (χ1v) is 4.14. The summed E-state index contributed by atoms with van der Waals surface area (Å²) in [5.74, 6) is 0.297. The maximum absolute atomic E-state index is 10.6. The quantitative estimate of drug-likeness (QED) is 0.716. The average molecular weight is 176 g/mol. The van der Waals surface area contributed by atoms with Crippen LogP contribution < -0.4 is 0 Å². The number of benzene rings is 1. The van der Waals surface area contributed by atoms with Crippen LogP contribution in [0.2, 0.25) is 0 Å². The van der Waals surface area contributed by atoms with Crippen molar-refractivity contribution in [2.75, 3.05) is 0 Å². The maximum Gasteiger partial charge on any atom is 0.152 e. The Kier molecular flexibility index (Phi) is 3.26. The van der Waals surface area contributed by atoms with Crippen LogP contribution in [0.3, 0.4) is 0 Å². The number of allylic oxidation sites excluding steroid dienone is 2. The van der Waals surface area contributed by atoms with Gasteiger partial charge in [-0.15, -0.1) is 0 Å². The van der Waals surface area contributed by atoms with E-state index >= 15 is 0 Å². The second-order valence-electron chi connectivity index (χ2n) is 2.85. The summed E-state index contributed by atoms with van der Waals surface area (Å²) in [5.41, 5.74) is 0.833. The molecule has 0 spiro atoms. The molecule has 0 unspecified atom stereocenters. The molecule has 0 aliphatic heterocycles. The summed E-state index contributed by atoms with van der Waals surface area (Å²) in [6.07, 6.45) is 3.84. The Balaban J connectivity index is 2.64. The SMILES string of the molecule is CC(=O)/C=C/Cc1ccccc1O. The topological polar surface area (TPSA) is 37.3 Å². The van der Waals surface area contributed by atoms with Crippen LogP contribution in [0, 0.1) is 0 Å².